The van der Waals surface area contributed by atoms with Gasteiger partial charge in [-0.05, 0) is 24.6 Å². The first kappa shape index (κ1) is 14.6. The highest BCUT2D eigenvalue weighted by atomic mass is 79.9. The second-order valence-corrected chi connectivity index (χ2v) is 6.06. The number of aromatic nitrogens is 2. The average molecular weight is 343 g/mol. The lowest BCUT2D eigenvalue weighted by Gasteiger charge is -2.11. The van der Waals surface area contributed by atoms with Gasteiger partial charge in [-0.15, -0.1) is 0 Å². The summed E-state index contributed by atoms with van der Waals surface area (Å²) in [7, 11) is 0. The normalized spacial score (nSPS) is 11.1. The van der Waals surface area contributed by atoms with E-state index in [-0.39, 0.29) is 12.2 Å². The van der Waals surface area contributed by atoms with E-state index in [1.165, 1.54) is 11.8 Å². The summed E-state index contributed by atoms with van der Waals surface area (Å²) in [6, 6.07) is 5.51. The van der Waals surface area contributed by atoms with Gasteiger partial charge < -0.3 is 5.11 Å². The Bertz CT molecular complexity index is 642. The van der Waals surface area contributed by atoms with Crippen molar-refractivity contribution in [3.8, 4) is 0 Å². The van der Waals surface area contributed by atoms with Crippen molar-refractivity contribution in [3.05, 3.63) is 33.0 Å². The van der Waals surface area contributed by atoms with E-state index in [4.69, 9.17) is 5.11 Å². The molecule has 1 N–H and O–H groups in total. The lowest BCUT2D eigenvalue weighted by molar-refractivity contribution is 0.322. The maximum Gasteiger partial charge on any atom is 0.262 e. The first-order valence-corrected chi connectivity index (χ1v) is 7.89. The van der Waals surface area contributed by atoms with Crippen molar-refractivity contribution in [1.82, 2.24) is 9.55 Å². The van der Waals surface area contributed by atoms with E-state index < -0.39 is 0 Å². The summed E-state index contributed by atoms with van der Waals surface area (Å²) in [5.41, 5.74) is 0.676. The maximum absolute atomic E-state index is 12.5. The van der Waals surface area contributed by atoms with Crippen LogP contribution in [0.3, 0.4) is 0 Å². The van der Waals surface area contributed by atoms with Crippen LogP contribution in [0.2, 0.25) is 0 Å². The van der Waals surface area contributed by atoms with Gasteiger partial charge in [-0.25, -0.2) is 4.98 Å². The molecule has 0 aliphatic heterocycles. The molecule has 1 aromatic carbocycles. The number of aliphatic hydroxyl groups excluding tert-OH is 1. The zero-order chi connectivity index (χ0) is 13.8. The lowest BCUT2D eigenvalue weighted by atomic mass is 10.2. The van der Waals surface area contributed by atoms with Crippen LogP contribution in [-0.2, 0) is 6.54 Å². The molecule has 0 bridgehead atoms. The molecule has 0 aliphatic carbocycles. The van der Waals surface area contributed by atoms with Gasteiger partial charge in [0.25, 0.3) is 5.56 Å². The Labute approximate surface area is 124 Å². The molecule has 0 unspecified atom stereocenters. The van der Waals surface area contributed by atoms with Gasteiger partial charge in [0.15, 0.2) is 5.16 Å². The number of rotatable bonds is 5. The molecule has 2 aromatic rings. The second kappa shape index (κ2) is 6.54. The molecule has 4 nitrogen and oxygen atoms in total. The summed E-state index contributed by atoms with van der Waals surface area (Å²) in [5.74, 6) is 0.540. The van der Waals surface area contributed by atoms with Crippen molar-refractivity contribution in [1.29, 1.82) is 0 Å². The van der Waals surface area contributed by atoms with Gasteiger partial charge in [-0.3, -0.25) is 9.36 Å². The molecule has 19 heavy (non-hydrogen) atoms. The predicted molar refractivity (Wildman–Crippen MR) is 81.8 cm³/mol. The summed E-state index contributed by atoms with van der Waals surface area (Å²) in [6.45, 7) is 2.74. The molecule has 6 heteroatoms. The number of benzene rings is 1. The summed E-state index contributed by atoms with van der Waals surface area (Å²) in [5, 5.41) is 10.2. The summed E-state index contributed by atoms with van der Waals surface area (Å²) in [4.78, 5) is 17.0. The van der Waals surface area contributed by atoms with Gasteiger partial charge in [0.1, 0.15) is 0 Å². The summed E-state index contributed by atoms with van der Waals surface area (Å²) >= 11 is 4.79. The van der Waals surface area contributed by atoms with Crippen LogP contribution >= 0.6 is 27.7 Å². The Morgan fingerprint density at radius 1 is 1.47 bits per heavy atom. The molecule has 2 rings (SSSR count). The van der Waals surface area contributed by atoms with Gasteiger partial charge in [0.05, 0.1) is 17.5 Å². The molecule has 0 spiro atoms. The van der Waals surface area contributed by atoms with Crippen molar-refractivity contribution in [2.24, 2.45) is 0 Å². The fraction of sp³-hybridized carbons (Fsp3) is 0.385. The third-order valence-electron chi connectivity index (χ3n) is 2.65. The predicted octanol–water partition coefficient (Wildman–Crippen LogP) is 2.65. The van der Waals surface area contributed by atoms with Crippen LogP contribution in [0.5, 0.6) is 0 Å². The highest BCUT2D eigenvalue weighted by Gasteiger charge is 2.11. The second-order valence-electron chi connectivity index (χ2n) is 4.08. The highest BCUT2D eigenvalue weighted by molar-refractivity contribution is 9.10. The van der Waals surface area contributed by atoms with Crippen molar-refractivity contribution in [3.63, 3.8) is 0 Å². The largest absolute Gasteiger partial charge is 0.396 e. The molecule has 1 heterocycles. The van der Waals surface area contributed by atoms with Gasteiger partial charge in [0, 0.05) is 16.8 Å². The Morgan fingerprint density at radius 2 is 2.26 bits per heavy atom. The number of hydrogen-bond donors (Lipinski definition) is 1. The molecular weight excluding hydrogens is 328 g/mol. The number of nitrogens with zero attached hydrogens (tertiary/aromatic N) is 2. The number of halogens is 1. The van der Waals surface area contributed by atoms with Crippen LogP contribution in [0, 0.1) is 0 Å². The first-order valence-electron chi connectivity index (χ1n) is 6.11. The number of fused-ring (bicyclic) bond motifs is 1. The van der Waals surface area contributed by atoms with E-state index in [1.54, 1.807) is 10.6 Å². The minimum Gasteiger partial charge on any atom is -0.396 e. The van der Waals surface area contributed by atoms with Gasteiger partial charge in [0.2, 0.25) is 0 Å². The zero-order valence-electron chi connectivity index (χ0n) is 10.6. The average Bonchev–Trinajstić information content (AvgIpc) is 2.41. The van der Waals surface area contributed by atoms with Gasteiger partial charge in [-0.2, -0.15) is 0 Å². The Kier molecular flexibility index (Phi) is 5.01. The maximum atomic E-state index is 12.5. The molecule has 102 valence electrons. The molecule has 0 saturated carbocycles. The van der Waals surface area contributed by atoms with Crippen LogP contribution in [-0.4, -0.2) is 27.0 Å². The van der Waals surface area contributed by atoms with E-state index in [0.29, 0.717) is 28.4 Å². The van der Waals surface area contributed by atoms with Gasteiger partial charge >= 0.3 is 0 Å². The van der Waals surface area contributed by atoms with E-state index in [2.05, 4.69) is 20.9 Å². The van der Waals surface area contributed by atoms with E-state index in [1.807, 2.05) is 19.1 Å². The molecule has 1 aromatic heterocycles. The standard InChI is InChI=1S/C13H15BrN2O2S/c1-2-5-16-12(18)10-8-9(14)3-4-11(10)15-13(16)19-7-6-17/h3-4,8,17H,2,5-7H2,1H3. The molecule has 0 fully saturated rings. The van der Waals surface area contributed by atoms with Crippen molar-refractivity contribution < 1.29 is 5.11 Å². The third-order valence-corrected chi connectivity index (χ3v) is 4.10. The topological polar surface area (TPSA) is 55.1 Å². The smallest absolute Gasteiger partial charge is 0.262 e. The van der Waals surface area contributed by atoms with Gasteiger partial charge in [-0.1, -0.05) is 34.6 Å². The van der Waals surface area contributed by atoms with E-state index >= 15 is 0 Å². The molecule has 0 aliphatic rings. The molecule has 0 atom stereocenters. The van der Waals surface area contributed by atoms with E-state index in [0.717, 1.165) is 10.9 Å². The van der Waals surface area contributed by atoms with Crippen LogP contribution < -0.4 is 5.56 Å². The number of aliphatic hydroxyl groups is 1. The Balaban J connectivity index is 2.63. The Morgan fingerprint density at radius 3 is 2.95 bits per heavy atom. The molecule has 0 saturated heterocycles. The Hall–Kier alpha value is -0.850. The van der Waals surface area contributed by atoms with E-state index in [9.17, 15) is 4.79 Å². The fourth-order valence-electron chi connectivity index (χ4n) is 1.84. The van der Waals surface area contributed by atoms with Crippen molar-refractivity contribution in [2.45, 2.75) is 25.0 Å². The fourth-order valence-corrected chi connectivity index (χ4v) is 2.97. The first-order chi connectivity index (χ1) is 9.17. The molecule has 0 radical (unpaired) electrons. The zero-order valence-corrected chi connectivity index (χ0v) is 13.0. The quantitative estimate of drug-likeness (QED) is 0.670. The monoisotopic (exact) mass is 342 g/mol. The lowest BCUT2D eigenvalue weighted by Crippen LogP contribution is -2.23. The van der Waals surface area contributed by atoms with Crippen molar-refractivity contribution in [2.75, 3.05) is 12.4 Å². The van der Waals surface area contributed by atoms with Crippen LogP contribution in [0.25, 0.3) is 10.9 Å². The third kappa shape index (κ3) is 3.19. The van der Waals surface area contributed by atoms with Crippen LogP contribution in [0.1, 0.15) is 13.3 Å². The van der Waals surface area contributed by atoms with Crippen molar-refractivity contribution >= 4 is 38.6 Å². The highest BCUT2D eigenvalue weighted by Crippen LogP contribution is 2.20. The number of thioether (sulfide) groups is 1. The summed E-state index contributed by atoms with van der Waals surface area (Å²) < 4.78 is 2.56. The number of hydrogen-bond acceptors (Lipinski definition) is 4. The van der Waals surface area contributed by atoms with Crippen LogP contribution in [0.4, 0.5) is 0 Å². The summed E-state index contributed by atoms with van der Waals surface area (Å²) in [6.07, 6.45) is 0.869. The minimum atomic E-state index is -0.0198. The molecular formula is C13H15BrN2O2S. The minimum absolute atomic E-state index is 0.0198. The SMILES string of the molecule is CCCn1c(SCCO)nc2ccc(Br)cc2c1=O. The molecule has 0 amide bonds. The van der Waals surface area contributed by atoms with Crippen LogP contribution in [0.15, 0.2) is 32.6 Å².